The Kier molecular flexibility index (Phi) is 7.35. The summed E-state index contributed by atoms with van der Waals surface area (Å²) >= 11 is -1.16. The van der Waals surface area contributed by atoms with Gasteiger partial charge in [0, 0.05) is 0 Å². The Hall–Kier alpha value is 1.25. The van der Waals surface area contributed by atoms with Gasteiger partial charge >= 0.3 is 85.7 Å². The number of hydrogen-bond acceptors (Lipinski definition) is 4. The van der Waals surface area contributed by atoms with Crippen LogP contribution in [-0.2, 0) is 8.85 Å². The fraction of sp³-hybridized carbons (Fsp3) is 1.00. The van der Waals surface area contributed by atoms with Crippen LogP contribution in [0.3, 0.4) is 0 Å². The quantitative estimate of drug-likeness (QED) is 0.740. The summed E-state index contributed by atoms with van der Waals surface area (Å²) in [5.74, 6) is 0.984. The van der Waals surface area contributed by atoms with E-state index in [2.05, 4.69) is 9.88 Å². The van der Waals surface area contributed by atoms with Crippen molar-refractivity contribution in [2.75, 3.05) is 20.0 Å². The van der Waals surface area contributed by atoms with E-state index < -0.39 is 27.2 Å². The molecule has 0 rings (SSSR count). The average Bonchev–Trinajstić information content (AvgIpc) is 2.03. The maximum absolute atomic E-state index is 9.65. The van der Waals surface area contributed by atoms with Crippen LogP contribution in [0.1, 0.15) is 0 Å². The fourth-order valence-corrected chi connectivity index (χ4v) is 10.3. The molecule has 0 aromatic heterocycles. The van der Waals surface area contributed by atoms with Gasteiger partial charge in [-0.15, -0.1) is 0 Å². The van der Waals surface area contributed by atoms with Crippen molar-refractivity contribution in [3.63, 3.8) is 0 Å². The fourth-order valence-electron chi connectivity index (χ4n) is 0.711. The molecule has 0 atom stereocenters. The van der Waals surface area contributed by atoms with E-state index in [1.54, 1.807) is 0 Å². The van der Waals surface area contributed by atoms with Gasteiger partial charge in [-0.2, -0.15) is 0 Å². The molecule has 0 heterocycles. The minimum atomic E-state index is -2.75. The van der Waals surface area contributed by atoms with Gasteiger partial charge in [0.1, 0.15) is 0 Å². The van der Waals surface area contributed by atoms with Crippen LogP contribution in [0.15, 0.2) is 0 Å². The van der Waals surface area contributed by atoms with Gasteiger partial charge in [-0.25, -0.2) is 0 Å². The molecule has 0 aromatic carbocycles. The molecular formula is C6H18O3SSiSn. The third kappa shape index (κ3) is 5.82. The van der Waals surface area contributed by atoms with Crippen molar-refractivity contribution < 1.29 is 13.6 Å². The Labute approximate surface area is 85.4 Å². The molecule has 1 N–H and O–H groups in total. The number of hydrogen-bond donors (Lipinski definition) is 1. The average molecular weight is 317 g/mol. The number of rotatable bonds is 6. The Morgan fingerprint density at radius 2 is 1.83 bits per heavy atom. The normalized spacial score (nSPS) is 12.5. The summed E-state index contributed by atoms with van der Waals surface area (Å²) in [7, 11) is 2.29. The standard InChI is InChI=1S/C4H12O3SSi.2CH3.Sn.H/c1-6-9(5,7-2)4-3-8;;;;/h5,8H,3-4H2,1-2H3;2*1H3;;/q;;;+1;/p-1. The van der Waals surface area contributed by atoms with Gasteiger partial charge in [0.2, 0.25) is 0 Å². The van der Waals surface area contributed by atoms with Crippen molar-refractivity contribution in [3.8, 4) is 0 Å². The Morgan fingerprint density at radius 1 is 1.33 bits per heavy atom. The zero-order valence-electron chi connectivity index (χ0n) is 8.16. The Balaban J connectivity index is 3.58. The van der Waals surface area contributed by atoms with Gasteiger partial charge in [-0.1, -0.05) is 0 Å². The van der Waals surface area contributed by atoms with Crippen LogP contribution in [0.4, 0.5) is 0 Å². The van der Waals surface area contributed by atoms with Crippen LogP contribution in [-0.4, -0.2) is 51.9 Å². The molecule has 0 unspecified atom stereocenters. The summed E-state index contributed by atoms with van der Waals surface area (Å²) in [4.78, 5) is 14.3. The third-order valence-electron chi connectivity index (χ3n) is 1.51. The first-order chi connectivity index (χ1) is 5.54. The summed E-state index contributed by atoms with van der Waals surface area (Å²) in [5.41, 5.74) is 0. The molecule has 0 aliphatic carbocycles. The maximum atomic E-state index is 9.65. The molecule has 6 heteroatoms. The molecule has 0 amide bonds. The van der Waals surface area contributed by atoms with Gasteiger partial charge in [-0.05, 0) is 0 Å². The van der Waals surface area contributed by atoms with E-state index >= 15 is 0 Å². The molecular weight excluding hydrogens is 299 g/mol. The molecule has 0 saturated heterocycles. The zero-order chi connectivity index (χ0) is 9.61. The van der Waals surface area contributed by atoms with E-state index in [0.29, 0.717) is 6.04 Å². The zero-order valence-corrected chi connectivity index (χ0v) is 13.3. The van der Waals surface area contributed by atoms with E-state index in [1.165, 1.54) is 14.2 Å². The molecule has 0 saturated carbocycles. The van der Waals surface area contributed by atoms with Gasteiger partial charge < -0.3 is 0 Å². The third-order valence-corrected chi connectivity index (χ3v) is 12.9. The van der Waals surface area contributed by atoms with Crippen molar-refractivity contribution >= 4 is 36.1 Å². The van der Waals surface area contributed by atoms with Crippen molar-refractivity contribution in [2.24, 2.45) is 0 Å². The van der Waals surface area contributed by atoms with E-state index in [9.17, 15) is 4.80 Å². The van der Waals surface area contributed by atoms with Crippen LogP contribution in [0.5, 0.6) is 0 Å². The van der Waals surface area contributed by atoms with Crippen molar-refractivity contribution in [2.45, 2.75) is 15.9 Å². The summed E-state index contributed by atoms with van der Waals surface area (Å²) < 4.78 is 9.90. The second-order valence-corrected chi connectivity index (χ2v) is 21.4. The van der Waals surface area contributed by atoms with E-state index in [0.717, 1.165) is 5.75 Å². The van der Waals surface area contributed by atoms with Gasteiger partial charge in [0.05, 0.1) is 0 Å². The predicted molar refractivity (Wildman–Crippen MR) is 58.1 cm³/mol. The molecule has 0 bridgehead atoms. The van der Waals surface area contributed by atoms with E-state index in [1.807, 2.05) is 8.95 Å². The topological polar surface area (TPSA) is 38.7 Å². The summed E-state index contributed by atoms with van der Waals surface area (Å²) in [6.07, 6.45) is 0. The van der Waals surface area contributed by atoms with Gasteiger partial charge in [0.25, 0.3) is 0 Å². The molecule has 0 aliphatic heterocycles. The molecule has 0 spiro atoms. The van der Waals surface area contributed by atoms with Gasteiger partial charge in [-0.3, -0.25) is 0 Å². The molecule has 0 aliphatic rings. The Morgan fingerprint density at radius 3 is 2.17 bits per heavy atom. The van der Waals surface area contributed by atoms with Crippen molar-refractivity contribution in [3.05, 3.63) is 0 Å². The molecule has 74 valence electrons. The Bertz CT molecular complexity index is 121. The summed E-state index contributed by atoms with van der Waals surface area (Å²) in [5, 5.41) is 0. The molecule has 0 radical (unpaired) electrons. The van der Waals surface area contributed by atoms with Crippen molar-refractivity contribution in [1.29, 1.82) is 0 Å². The second kappa shape index (κ2) is 6.66. The molecule has 0 fully saturated rings. The van der Waals surface area contributed by atoms with Crippen LogP contribution < -0.4 is 0 Å². The second-order valence-electron chi connectivity index (χ2n) is 2.79. The van der Waals surface area contributed by atoms with Crippen LogP contribution in [0, 0.1) is 0 Å². The van der Waals surface area contributed by atoms with E-state index in [4.69, 9.17) is 8.85 Å². The molecule has 3 nitrogen and oxygen atoms in total. The first-order valence-electron chi connectivity index (χ1n) is 3.98. The minimum absolute atomic E-state index is 0.680. The molecule has 0 aromatic rings. The first-order valence-corrected chi connectivity index (χ1v) is 17.6. The van der Waals surface area contributed by atoms with E-state index in [-0.39, 0.29) is 0 Å². The van der Waals surface area contributed by atoms with Gasteiger partial charge in [0.15, 0.2) is 0 Å². The first kappa shape index (κ1) is 13.2. The van der Waals surface area contributed by atoms with Crippen LogP contribution in [0.2, 0.25) is 15.9 Å². The van der Waals surface area contributed by atoms with Crippen molar-refractivity contribution in [1.82, 2.24) is 0 Å². The SMILES string of the molecule is CO[Si](O)(CC[S][SnH]([CH3])[CH3])OC. The molecule has 12 heavy (non-hydrogen) atoms. The monoisotopic (exact) mass is 318 g/mol. The summed E-state index contributed by atoms with van der Waals surface area (Å²) in [6, 6.07) is 0.680. The summed E-state index contributed by atoms with van der Waals surface area (Å²) in [6.45, 7) is 0. The predicted octanol–water partition coefficient (Wildman–Crippen LogP) is 0.927. The van der Waals surface area contributed by atoms with Crippen LogP contribution >= 0.6 is 8.95 Å². The van der Waals surface area contributed by atoms with Crippen LogP contribution in [0.25, 0.3) is 0 Å².